The number of Topliss-reactive ketones (excluding diaryl/α,β-unsaturated/α-hetero) is 1. The Labute approximate surface area is 112 Å². The quantitative estimate of drug-likeness (QED) is 0.817. The van der Waals surface area contributed by atoms with Crippen LogP contribution in [0.25, 0.3) is 0 Å². The third-order valence-electron chi connectivity index (χ3n) is 2.15. The van der Waals surface area contributed by atoms with Crippen LogP contribution in [0.3, 0.4) is 0 Å². The Kier molecular flexibility index (Phi) is 3.86. The van der Waals surface area contributed by atoms with E-state index in [9.17, 15) is 4.79 Å². The van der Waals surface area contributed by atoms with Gasteiger partial charge in [0, 0.05) is 29.5 Å². The van der Waals surface area contributed by atoms with Gasteiger partial charge in [0.15, 0.2) is 5.78 Å². The first kappa shape index (κ1) is 12.2. The van der Waals surface area contributed by atoms with Gasteiger partial charge in [-0.1, -0.05) is 11.6 Å². The third kappa shape index (κ3) is 3.11. The summed E-state index contributed by atoms with van der Waals surface area (Å²) in [7, 11) is 0. The van der Waals surface area contributed by atoms with E-state index in [2.05, 4.69) is 25.9 Å². The molecule has 0 amide bonds. The van der Waals surface area contributed by atoms with Gasteiger partial charge in [-0.2, -0.15) is 0 Å². The van der Waals surface area contributed by atoms with Crippen LogP contribution < -0.4 is 0 Å². The van der Waals surface area contributed by atoms with Gasteiger partial charge >= 0.3 is 0 Å². The Balaban J connectivity index is 2.20. The fourth-order valence-electron chi connectivity index (χ4n) is 1.41. The van der Waals surface area contributed by atoms with Crippen LogP contribution in [0.5, 0.6) is 0 Å². The fourth-order valence-corrected chi connectivity index (χ4v) is 2.05. The number of hydrogen-bond donors (Lipinski definition) is 0. The van der Waals surface area contributed by atoms with E-state index in [0.29, 0.717) is 10.7 Å². The van der Waals surface area contributed by atoms with Gasteiger partial charge in [-0.3, -0.25) is 14.8 Å². The number of ketones is 1. The second kappa shape index (κ2) is 5.38. The van der Waals surface area contributed by atoms with Crippen molar-refractivity contribution in [1.82, 2.24) is 9.97 Å². The van der Waals surface area contributed by atoms with Gasteiger partial charge in [-0.15, -0.1) is 0 Å². The van der Waals surface area contributed by atoms with Gasteiger partial charge in [-0.25, -0.2) is 0 Å². The van der Waals surface area contributed by atoms with Crippen LogP contribution in [0.1, 0.15) is 16.1 Å². The maximum atomic E-state index is 12.0. The van der Waals surface area contributed by atoms with Crippen LogP contribution in [-0.4, -0.2) is 15.8 Å². The van der Waals surface area contributed by atoms with E-state index in [4.69, 9.17) is 11.6 Å². The normalized spacial score (nSPS) is 10.2. The average Bonchev–Trinajstić information content (AvgIpc) is 2.29. The van der Waals surface area contributed by atoms with Gasteiger partial charge in [0.1, 0.15) is 5.69 Å². The number of rotatable bonds is 3. The van der Waals surface area contributed by atoms with Crippen molar-refractivity contribution >= 4 is 33.3 Å². The highest BCUT2D eigenvalue weighted by Crippen LogP contribution is 2.16. The molecule has 0 radical (unpaired) electrons. The van der Waals surface area contributed by atoms with E-state index < -0.39 is 0 Å². The second-order valence-electron chi connectivity index (χ2n) is 3.45. The molecule has 0 aromatic carbocycles. The highest BCUT2D eigenvalue weighted by Gasteiger charge is 2.12. The largest absolute Gasteiger partial charge is 0.292 e. The standard InChI is InChI=1S/C12H8BrClN2O/c13-9-4-8(6-15-7-9)5-11(17)12-10(14)2-1-3-16-12/h1-4,6-7H,5H2. The minimum Gasteiger partial charge on any atom is -0.292 e. The van der Waals surface area contributed by atoms with Crippen molar-refractivity contribution in [3.8, 4) is 0 Å². The van der Waals surface area contributed by atoms with Crippen molar-refractivity contribution in [3.63, 3.8) is 0 Å². The molecule has 0 saturated heterocycles. The molecule has 0 spiro atoms. The highest BCUT2D eigenvalue weighted by molar-refractivity contribution is 9.10. The number of carbonyl (C=O) groups is 1. The Morgan fingerprint density at radius 3 is 2.94 bits per heavy atom. The SMILES string of the molecule is O=C(Cc1cncc(Br)c1)c1ncccc1Cl. The molecule has 2 aromatic heterocycles. The van der Waals surface area contributed by atoms with E-state index in [1.54, 1.807) is 30.7 Å². The van der Waals surface area contributed by atoms with Crippen molar-refractivity contribution in [3.05, 3.63) is 57.5 Å². The molecule has 86 valence electrons. The minimum atomic E-state index is -0.115. The summed E-state index contributed by atoms with van der Waals surface area (Å²) in [4.78, 5) is 19.9. The molecule has 17 heavy (non-hydrogen) atoms. The molecule has 0 bridgehead atoms. The van der Waals surface area contributed by atoms with Crippen molar-refractivity contribution in [1.29, 1.82) is 0 Å². The molecule has 2 heterocycles. The molecular weight excluding hydrogens is 304 g/mol. The van der Waals surface area contributed by atoms with Gasteiger partial charge in [0.25, 0.3) is 0 Å². The Morgan fingerprint density at radius 2 is 2.24 bits per heavy atom. The van der Waals surface area contributed by atoms with E-state index >= 15 is 0 Å². The summed E-state index contributed by atoms with van der Waals surface area (Å²) in [6.45, 7) is 0. The van der Waals surface area contributed by atoms with Crippen LogP contribution >= 0.6 is 27.5 Å². The summed E-state index contributed by atoms with van der Waals surface area (Å²) in [5.41, 5.74) is 1.13. The number of aromatic nitrogens is 2. The van der Waals surface area contributed by atoms with Crippen LogP contribution in [0.2, 0.25) is 5.02 Å². The molecule has 3 nitrogen and oxygen atoms in total. The molecule has 0 aliphatic heterocycles. The molecule has 2 rings (SSSR count). The first-order chi connectivity index (χ1) is 8.16. The summed E-state index contributed by atoms with van der Waals surface area (Å²) in [5.74, 6) is -0.115. The summed E-state index contributed by atoms with van der Waals surface area (Å²) in [5, 5.41) is 0.375. The Bertz CT molecular complexity index is 560. The zero-order chi connectivity index (χ0) is 12.3. The van der Waals surface area contributed by atoms with Crippen LogP contribution in [0.15, 0.2) is 41.3 Å². The van der Waals surface area contributed by atoms with E-state index in [0.717, 1.165) is 10.0 Å². The van der Waals surface area contributed by atoms with E-state index in [-0.39, 0.29) is 12.2 Å². The molecule has 0 saturated carbocycles. The van der Waals surface area contributed by atoms with Gasteiger partial charge < -0.3 is 0 Å². The van der Waals surface area contributed by atoms with Gasteiger partial charge in [0.2, 0.25) is 0 Å². The van der Waals surface area contributed by atoms with Crippen molar-refractivity contribution < 1.29 is 4.79 Å². The van der Waals surface area contributed by atoms with E-state index in [1.165, 1.54) is 0 Å². The molecule has 0 aliphatic rings. The first-order valence-electron chi connectivity index (χ1n) is 4.90. The summed E-state index contributed by atoms with van der Waals surface area (Å²) in [6, 6.07) is 5.20. The number of hydrogen-bond acceptors (Lipinski definition) is 3. The smallest absolute Gasteiger partial charge is 0.187 e. The zero-order valence-corrected chi connectivity index (χ0v) is 11.1. The molecule has 0 aliphatic carbocycles. The topological polar surface area (TPSA) is 42.9 Å². The van der Waals surface area contributed by atoms with Gasteiger partial charge in [-0.05, 0) is 39.7 Å². The zero-order valence-electron chi connectivity index (χ0n) is 8.73. The predicted octanol–water partition coefficient (Wildman–Crippen LogP) is 3.32. The van der Waals surface area contributed by atoms with Crippen molar-refractivity contribution in [2.75, 3.05) is 0 Å². The summed E-state index contributed by atoms with van der Waals surface area (Å²) in [6.07, 6.45) is 5.11. The van der Waals surface area contributed by atoms with Crippen LogP contribution in [0, 0.1) is 0 Å². The van der Waals surface area contributed by atoms with Crippen molar-refractivity contribution in [2.24, 2.45) is 0 Å². The lowest BCUT2D eigenvalue weighted by Gasteiger charge is -2.02. The van der Waals surface area contributed by atoms with Crippen LogP contribution in [0.4, 0.5) is 0 Å². The fraction of sp³-hybridized carbons (Fsp3) is 0.0833. The second-order valence-corrected chi connectivity index (χ2v) is 4.77. The molecule has 0 unspecified atom stereocenters. The number of halogens is 2. The highest BCUT2D eigenvalue weighted by atomic mass is 79.9. The number of pyridine rings is 2. The predicted molar refractivity (Wildman–Crippen MR) is 69.2 cm³/mol. The van der Waals surface area contributed by atoms with Gasteiger partial charge in [0.05, 0.1) is 5.02 Å². The molecule has 0 fully saturated rings. The maximum Gasteiger partial charge on any atom is 0.187 e. The lowest BCUT2D eigenvalue weighted by Crippen LogP contribution is -2.06. The molecular formula is C12H8BrClN2O. The minimum absolute atomic E-state index is 0.115. The van der Waals surface area contributed by atoms with Crippen LogP contribution in [-0.2, 0) is 6.42 Å². The Morgan fingerprint density at radius 1 is 1.41 bits per heavy atom. The number of nitrogens with zero attached hydrogens (tertiary/aromatic N) is 2. The third-order valence-corrected chi connectivity index (χ3v) is 2.89. The first-order valence-corrected chi connectivity index (χ1v) is 6.07. The summed E-state index contributed by atoms with van der Waals surface area (Å²) >= 11 is 9.22. The maximum absolute atomic E-state index is 12.0. The molecule has 5 heteroatoms. The Hall–Kier alpha value is -1.26. The average molecular weight is 312 g/mol. The lowest BCUT2D eigenvalue weighted by atomic mass is 10.1. The summed E-state index contributed by atoms with van der Waals surface area (Å²) < 4.78 is 0.843. The number of carbonyl (C=O) groups excluding carboxylic acids is 1. The molecule has 2 aromatic rings. The van der Waals surface area contributed by atoms with E-state index in [1.807, 2.05) is 6.07 Å². The van der Waals surface area contributed by atoms with Crippen molar-refractivity contribution in [2.45, 2.75) is 6.42 Å². The molecule has 0 N–H and O–H groups in total. The molecule has 0 atom stereocenters. The monoisotopic (exact) mass is 310 g/mol. The lowest BCUT2D eigenvalue weighted by molar-refractivity contribution is 0.0988.